The fraction of sp³-hybridized carbons (Fsp3) is 1.00. The molecule has 0 aromatic rings. The molecule has 15 atom stereocenters. The second-order valence-corrected chi connectivity index (χ2v) is 17.6. The maximum Gasteiger partial charge on any atom is 0.160 e. The summed E-state index contributed by atoms with van der Waals surface area (Å²) in [6.45, 7) is 20.5. The fourth-order valence-corrected chi connectivity index (χ4v) is 11.7. The van der Waals surface area contributed by atoms with Crippen molar-refractivity contribution < 1.29 is 24.1 Å². The van der Waals surface area contributed by atoms with Crippen molar-refractivity contribution in [1.29, 1.82) is 0 Å². The van der Waals surface area contributed by atoms with E-state index in [1.165, 1.54) is 57.8 Å². The zero-order valence-corrected chi connectivity index (χ0v) is 31.1. The summed E-state index contributed by atoms with van der Waals surface area (Å²) >= 11 is 0. The number of hydrogen-bond donors (Lipinski definition) is 2. The van der Waals surface area contributed by atoms with Crippen LogP contribution in [0.1, 0.15) is 132 Å². The molecule has 4 aliphatic carbocycles. The molecule has 0 bridgehead atoms. The lowest BCUT2D eigenvalue weighted by atomic mass is 9.44. The predicted molar refractivity (Wildman–Crippen MR) is 187 cm³/mol. The van der Waals surface area contributed by atoms with Crippen molar-refractivity contribution in [2.24, 2.45) is 58.2 Å². The summed E-state index contributed by atoms with van der Waals surface area (Å²) < 4.78 is 25.4. The molecule has 0 amide bonds. The Hall–Kier alpha value is -0.240. The first-order valence-corrected chi connectivity index (χ1v) is 19.8. The normalized spacial score (nSPS) is 44.5. The van der Waals surface area contributed by atoms with Crippen LogP contribution in [-0.4, -0.2) is 69.2 Å². The number of methoxy groups -OCH3 is 1. The molecule has 46 heavy (non-hydrogen) atoms. The molecule has 5 rings (SSSR count). The first-order valence-electron chi connectivity index (χ1n) is 19.8. The van der Waals surface area contributed by atoms with Gasteiger partial charge in [0.25, 0.3) is 0 Å². The van der Waals surface area contributed by atoms with Crippen LogP contribution in [0.2, 0.25) is 0 Å². The van der Waals surface area contributed by atoms with Gasteiger partial charge in [0.2, 0.25) is 0 Å². The van der Waals surface area contributed by atoms with Crippen LogP contribution in [0.4, 0.5) is 0 Å². The van der Waals surface area contributed by atoms with Gasteiger partial charge >= 0.3 is 0 Å². The maximum absolute atomic E-state index is 10.6. The van der Waals surface area contributed by atoms with Crippen LogP contribution in [0.25, 0.3) is 0 Å². The highest BCUT2D eigenvalue weighted by Crippen LogP contribution is 2.69. The first kappa shape index (κ1) is 37.0. The van der Waals surface area contributed by atoms with Gasteiger partial charge in [0, 0.05) is 26.0 Å². The van der Waals surface area contributed by atoms with Gasteiger partial charge in [-0.2, -0.15) is 0 Å². The molecule has 268 valence electrons. The standard InChI is InChI=1S/C40H73NO5/c1-9-29(5)45-35-23-37(44-25-28(35)4)46-36-22-34-32-14-13-30-21-31(42)15-17-39(30,6)33(32)16-18-40(34,7)38(36)27(3)12-10-11-26(2)24-41-19-20-43-8/h26-38,41-42H,9-25H2,1-8H3. The maximum atomic E-state index is 10.6. The highest BCUT2D eigenvalue weighted by Gasteiger charge is 2.63. The number of nitrogens with one attached hydrogen (secondary N) is 1. The largest absolute Gasteiger partial charge is 0.393 e. The number of rotatable bonds is 15. The van der Waals surface area contributed by atoms with Crippen LogP contribution in [0.5, 0.6) is 0 Å². The van der Waals surface area contributed by atoms with E-state index in [2.05, 4.69) is 53.8 Å². The summed E-state index contributed by atoms with van der Waals surface area (Å²) in [7, 11) is 1.77. The van der Waals surface area contributed by atoms with Gasteiger partial charge in [-0.05, 0) is 130 Å². The molecule has 0 aromatic heterocycles. The Morgan fingerprint density at radius 1 is 0.935 bits per heavy atom. The minimum atomic E-state index is -0.157. The van der Waals surface area contributed by atoms with E-state index in [1.807, 2.05) is 0 Å². The SMILES string of the molecule is CCC(C)OC1CC(OC2CC3C4CCC5CC(O)CCC5(C)C4CCC3(C)C2C(C)CCCC(C)CNCCOC)OCC1C. The van der Waals surface area contributed by atoms with Gasteiger partial charge in [-0.3, -0.25) is 0 Å². The first-order chi connectivity index (χ1) is 22.0. The molecule has 0 spiro atoms. The lowest BCUT2D eigenvalue weighted by molar-refractivity contribution is -0.240. The summed E-state index contributed by atoms with van der Waals surface area (Å²) in [5.74, 6) is 5.33. The summed E-state index contributed by atoms with van der Waals surface area (Å²) in [5.41, 5.74) is 0.727. The zero-order chi connectivity index (χ0) is 33.1. The molecule has 1 heterocycles. The van der Waals surface area contributed by atoms with Crippen molar-refractivity contribution in [1.82, 2.24) is 5.32 Å². The number of hydrogen-bond acceptors (Lipinski definition) is 6. The molecule has 1 saturated heterocycles. The van der Waals surface area contributed by atoms with Gasteiger partial charge in [0.1, 0.15) is 0 Å². The Bertz CT molecular complexity index is 933. The topological polar surface area (TPSA) is 69.2 Å². The van der Waals surface area contributed by atoms with Gasteiger partial charge in [0.15, 0.2) is 6.29 Å². The monoisotopic (exact) mass is 648 g/mol. The molecular formula is C40H73NO5. The van der Waals surface area contributed by atoms with Crippen molar-refractivity contribution in [2.45, 2.75) is 163 Å². The highest BCUT2D eigenvalue weighted by molar-refractivity contribution is 5.12. The minimum absolute atomic E-state index is 0.0758. The van der Waals surface area contributed by atoms with E-state index in [9.17, 15) is 5.11 Å². The average molecular weight is 648 g/mol. The number of aliphatic hydroxyl groups excluding tert-OH is 1. The Kier molecular flexibility index (Phi) is 13.0. The quantitative estimate of drug-likeness (QED) is 0.175. The van der Waals surface area contributed by atoms with E-state index in [1.54, 1.807) is 7.11 Å². The predicted octanol–water partition coefficient (Wildman–Crippen LogP) is 8.25. The van der Waals surface area contributed by atoms with Crippen LogP contribution < -0.4 is 5.32 Å². The third-order valence-electron chi connectivity index (χ3n) is 14.6. The lowest BCUT2D eigenvalue weighted by Gasteiger charge is -2.61. The van der Waals surface area contributed by atoms with Crippen molar-refractivity contribution >= 4 is 0 Å². The summed E-state index contributed by atoms with van der Waals surface area (Å²) in [4.78, 5) is 0. The lowest BCUT2D eigenvalue weighted by Crippen LogP contribution is -2.54. The molecule has 6 nitrogen and oxygen atoms in total. The van der Waals surface area contributed by atoms with Crippen molar-refractivity contribution in [3.63, 3.8) is 0 Å². The van der Waals surface area contributed by atoms with Gasteiger partial charge < -0.3 is 29.4 Å². The van der Waals surface area contributed by atoms with Crippen molar-refractivity contribution in [3.8, 4) is 0 Å². The highest BCUT2D eigenvalue weighted by atomic mass is 16.7. The van der Waals surface area contributed by atoms with Gasteiger partial charge in [-0.1, -0.05) is 54.4 Å². The smallest absolute Gasteiger partial charge is 0.160 e. The Morgan fingerprint density at radius 2 is 1.72 bits per heavy atom. The molecule has 0 aromatic carbocycles. The molecule has 0 radical (unpaired) electrons. The molecule has 15 unspecified atom stereocenters. The van der Waals surface area contributed by atoms with Crippen LogP contribution in [0, 0.1) is 58.2 Å². The zero-order valence-electron chi connectivity index (χ0n) is 31.1. The molecule has 5 aliphatic rings. The Morgan fingerprint density at radius 3 is 2.48 bits per heavy atom. The summed E-state index contributed by atoms with van der Waals surface area (Å²) in [6, 6.07) is 0. The van der Waals surface area contributed by atoms with Crippen LogP contribution in [-0.2, 0) is 18.9 Å². The molecule has 4 saturated carbocycles. The number of fused-ring (bicyclic) bond motifs is 5. The molecule has 6 heteroatoms. The average Bonchev–Trinajstić information content (AvgIpc) is 3.32. The van der Waals surface area contributed by atoms with E-state index in [-0.39, 0.29) is 30.7 Å². The van der Waals surface area contributed by atoms with Gasteiger partial charge in [-0.15, -0.1) is 0 Å². The second kappa shape index (κ2) is 16.2. The Balaban J connectivity index is 1.30. The Labute approximate surface area is 283 Å². The molecule has 2 N–H and O–H groups in total. The van der Waals surface area contributed by atoms with Crippen LogP contribution >= 0.6 is 0 Å². The van der Waals surface area contributed by atoms with Crippen molar-refractivity contribution in [2.75, 3.05) is 33.4 Å². The van der Waals surface area contributed by atoms with Gasteiger partial charge in [-0.25, -0.2) is 0 Å². The molecule has 5 fully saturated rings. The van der Waals surface area contributed by atoms with E-state index in [0.717, 1.165) is 69.7 Å². The number of aliphatic hydroxyl groups is 1. The fourth-order valence-electron chi connectivity index (χ4n) is 11.7. The third kappa shape index (κ3) is 8.04. The summed E-state index contributed by atoms with van der Waals surface area (Å²) in [6.07, 6.45) is 16.1. The van der Waals surface area contributed by atoms with Gasteiger partial charge in [0.05, 0.1) is 37.6 Å². The van der Waals surface area contributed by atoms with E-state index >= 15 is 0 Å². The van der Waals surface area contributed by atoms with E-state index < -0.39 is 0 Å². The summed E-state index contributed by atoms with van der Waals surface area (Å²) in [5, 5.41) is 14.1. The minimum Gasteiger partial charge on any atom is -0.393 e. The van der Waals surface area contributed by atoms with Crippen LogP contribution in [0.15, 0.2) is 0 Å². The third-order valence-corrected chi connectivity index (χ3v) is 14.6. The van der Waals surface area contributed by atoms with Crippen LogP contribution in [0.3, 0.4) is 0 Å². The molecule has 1 aliphatic heterocycles. The molecular weight excluding hydrogens is 574 g/mol. The van der Waals surface area contributed by atoms with Crippen molar-refractivity contribution in [3.05, 3.63) is 0 Å². The van der Waals surface area contributed by atoms with E-state index in [4.69, 9.17) is 18.9 Å². The number of ether oxygens (including phenoxy) is 4. The second-order valence-electron chi connectivity index (χ2n) is 17.6. The van der Waals surface area contributed by atoms with E-state index in [0.29, 0.717) is 40.4 Å².